The van der Waals surface area contributed by atoms with Crippen molar-refractivity contribution in [1.29, 1.82) is 0 Å². The van der Waals surface area contributed by atoms with Gasteiger partial charge in [0.15, 0.2) is 11.5 Å². The Kier molecular flexibility index (Phi) is 11.3. The van der Waals surface area contributed by atoms with E-state index in [4.69, 9.17) is 15.2 Å². The van der Waals surface area contributed by atoms with Gasteiger partial charge in [0.05, 0.1) is 19.3 Å². The van der Waals surface area contributed by atoms with Crippen LogP contribution < -0.4 is 20.5 Å². The zero-order chi connectivity index (χ0) is 17.2. The van der Waals surface area contributed by atoms with E-state index in [2.05, 4.69) is 5.32 Å². The molecule has 24 heavy (non-hydrogen) atoms. The van der Waals surface area contributed by atoms with Crippen LogP contribution in [-0.2, 0) is 11.2 Å². The minimum atomic E-state index is -0.445. The average molecular weight is 359 g/mol. The molecule has 0 spiro atoms. The van der Waals surface area contributed by atoms with E-state index in [9.17, 15) is 4.79 Å². The Morgan fingerprint density at radius 1 is 1.17 bits per heavy atom. The predicted octanol–water partition coefficient (Wildman–Crippen LogP) is 2.94. The lowest BCUT2D eigenvalue weighted by atomic mass is 9.99. The number of benzene rings is 1. The zero-order valence-electron chi connectivity index (χ0n) is 15.1. The highest BCUT2D eigenvalue weighted by molar-refractivity contribution is 5.85. The number of carbonyl (C=O) groups excluding carboxylic acids is 1. The molecule has 0 aliphatic heterocycles. The molecule has 0 saturated carbocycles. The van der Waals surface area contributed by atoms with Crippen molar-refractivity contribution in [2.24, 2.45) is 11.7 Å². The first-order valence-corrected chi connectivity index (χ1v) is 8.45. The summed E-state index contributed by atoms with van der Waals surface area (Å²) in [5.41, 5.74) is 7.01. The van der Waals surface area contributed by atoms with Crippen molar-refractivity contribution < 1.29 is 14.3 Å². The van der Waals surface area contributed by atoms with Crippen LogP contribution in [0.4, 0.5) is 0 Å². The Bertz CT molecular complexity index is 497. The summed E-state index contributed by atoms with van der Waals surface area (Å²) in [7, 11) is 0. The summed E-state index contributed by atoms with van der Waals surface area (Å²) in [5, 5.41) is 2.90. The van der Waals surface area contributed by atoms with Crippen molar-refractivity contribution in [3.63, 3.8) is 0 Å². The molecule has 1 aromatic rings. The van der Waals surface area contributed by atoms with E-state index in [0.717, 1.165) is 29.9 Å². The second-order valence-electron chi connectivity index (χ2n) is 5.60. The molecule has 0 aliphatic rings. The number of rotatable bonds is 10. The predicted molar refractivity (Wildman–Crippen MR) is 100 cm³/mol. The largest absolute Gasteiger partial charge is 0.490 e. The summed E-state index contributed by atoms with van der Waals surface area (Å²) in [4.78, 5) is 12.0. The smallest absolute Gasteiger partial charge is 0.237 e. The highest BCUT2D eigenvalue weighted by Crippen LogP contribution is 2.28. The van der Waals surface area contributed by atoms with Gasteiger partial charge < -0.3 is 20.5 Å². The third kappa shape index (κ3) is 6.97. The van der Waals surface area contributed by atoms with Gasteiger partial charge in [0, 0.05) is 6.54 Å². The standard InChI is InChI=1S/C18H30N2O3.ClH/c1-5-13(4)17(19)18(21)20-11-10-14-8-9-15(22-6-2)16(12-14)23-7-3;/h8-9,12-13,17H,5-7,10-11,19H2,1-4H3,(H,20,21);1H. The molecule has 2 unspecified atom stereocenters. The minimum absolute atomic E-state index is 0. The quantitative estimate of drug-likeness (QED) is 0.674. The number of carbonyl (C=O) groups is 1. The summed E-state index contributed by atoms with van der Waals surface area (Å²) < 4.78 is 11.2. The first-order valence-electron chi connectivity index (χ1n) is 8.45. The molecule has 1 amide bonds. The Hall–Kier alpha value is -1.46. The minimum Gasteiger partial charge on any atom is -0.490 e. The monoisotopic (exact) mass is 358 g/mol. The van der Waals surface area contributed by atoms with Gasteiger partial charge in [-0.2, -0.15) is 0 Å². The molecule has 6 heteroatoms. The number of nitrogens with one attached hydrogen (secondary N) is 1. The highest BCUT2D eigenvalue weighted by Gasteiger charge is 2.18. The van der Waals surface area contributed by atoms with Crippen LogP contribution in [0.1, 0.15) is 39.7 Å². The summed E-state index contributed by atoms with van der Waals surface area (Å²) in [6.07, 6.45) is 1.62. The third-order valence-corrected chi connectivity index (χ3v) is 3.88. The van der Waals surface area contributed by atoms with Gasteiger partial charge in [0.1, 0.15) is 0 Å². The normalized spacial score (nSPS) is 12.7. The van der Waals surface area contributed by atoms with Gasteiger partial charge in [0.25, 0.3) is 0 Å². The van der Waals surface area contributed by atoms with Crippen LogP contribution in [0, 0.1) is 5.92 Å². The maximum atomic E-state index is 12.0. The van der Waals surface area contributed by atoms with Crippen LogP contribution in [0.5, 0.6) is 11.5 Å². The Morgan fingerprint density at radius 3 is 2.38 bits per heavy atom. The molecule has 0 fully saturated rings. The molecular weight excluding hydrogens is 328 g/mol. The van der Waals surface area contributed by atoms with Crippen molar-refractivity contribution in [3.8, 4) is 11.5 Å². The second kappa shape index (κ2) is 12.0. The number of halogens is 1. The lowest BCUT2D eigenvalue weighted by molar-refractivity contribution is -0.123. The van der Waals surface area contributed by atoms with Crippen molar-refractivity contribution in [3.05, 3.63) is 23.8 Å². The summed E-state index contributed by atoms with van der Waals surface area (Å²) in [5.74, 6) is 1.59. The fourth-order valence-electron chi connectivity index (χ4n) is 2.21. The zero-order valence-corrected chi connectivity index (χ0v) is 15.9. The third-order valence-electron chi connectivity index (χ3n) is 3.88. The van der Waals surface area contributed by atoms with Gasteiger partial charge in [-0.05, 0) is 43.9 Å². The van der Waals surface area contributed by atoms with Gasteiger partial charge in [-0.3, -0.25) is 4.79 Å². The molecule has 1 rings (SSSR count). The number of hydrogen-bond donors (Lipinski definition) is 2. The molecule has 1 aromatic carbocycles. The van der Waals surface area contributed by atoms with Crippen molar-refractivity contribution >= 4 is 18.3 Å². The van der Waals surface area contributed by atoms with E-state index in [1.165, 1.54) is 0 Å². The van der Waals surface area contributed by atoms with Gasteiger partial charge in [-0.25, -0.2) is 0 Å². The van der Waals surface area contributed by atoms with Crippen LogP contribution in [0.25, 0.3) is 0 Å². The number of hydrogen-bond acceptors (Lipinski definition) is 4. The van der Waals surface area contributed by atoms with E-state index in [1.54, 1.807) is 0 Å². The molecule has 5 nitrogen and oxygen atoms in total. The van der Waals surface area contributed by atoms with Crippen LogP contribution in [-0.4, -0.2) is 31.7 Å². The van der Waals surface area contributed by atoms with Crippen molar-refractivity contribution in [1.82, 2.24) is 5.32 Å². The van der Waals surface area contributed by atoms with Crippen LogP contribution in [0.15, 0.2) is 18.2 Å². The molecule has 2 atom stereocenters. The summed E-state index contributed by atoms with van der Waals surface area (Å²) in [6, 6.07) is 5.43. The topological polar surface area (TPSA) is 73.6 Å². The van der Waals surface area contributed by atoms with Gasteiger partial charge >= 0.3 is 0 Å². The lowest BCUT2D eigenvalue weighted by Gasteiger charge is -2.18. The SMILES string of the molecule is CCOc1ccc(CCNC(=O)C(N)C(C)CC)cc1OCC.Cl. The maximum absolute atomic E-state index is 12.0. The summed E-state index contributed by atoms with van der Waals surface area (Å²) >= 11 is 0. The highest BCUT2D eigenvalue weighted by atomic mass is 35.5. The lowest BCUT2D eigenvalue weighted by Crippen LogP contribution is -2.45. The van der Waals surface area contributed by atoms with Crippen molar-refractivity contribution in [2.75, 3.05) is 19.8 Å². The Labute approximate surface area is 151 Å². The average Bonchev–Trinajstić information content (AvgIpc) is 2.56. The summed E-state index contributed by atoms with van der Waals surface area (Å²) in [6.45, 7) is 9.66. The number of nitrogens with two attached hydrogens (primary N) is 1. The first-order chi connectivity index (χ1) is 11.0. The van der Waals surface area contributed by atoms with Gasteiger partial charge in [-0.15, -0.1) is 12.4 Å². The first kappa shape index (κ1) is 22.5. The van der Waals surface area contributed by atoms with Crippen LogP contribution in [0.3, 0.4) is 0 Å². The van der Waals surface area contributed by atoms with E-state index in [0.29, 0.717) is 19.8 Å². The molecule has 0 heterocycles. The second-order valence-corrected chi connectivity index (χ2v) is 5.60. The fraction of sp³-hybridized carbons (Fsp3) is 0.611. The number of amides is 1. The van der Waals surface area contributed by atoms with E-state index >= 15 is 0 Å². The fourth-order valence-corrected chi connectivity index (χ4v) is 2.21. The molecular formula is C18H31ClN2O3. The Balaban J connectivity index is 0.00000529. The Morgan fingerprint density at radius 2 is 1.79 bits per heavy atom. The van der Waals surface area contributed by atoms with E-state index < -0.39 is 6.04 Å². The molecule has 3 N–H and O–H groups in total. The van der Waals surface area contributed by atoms with Crippen molar-refractivity contribution in [2.45, 2.75) is 46.6 Å². The molecule has 0 saturated heterocycles. The van der Waals surface area contributed by atoms with Gasteiger partial charge in [-0.1, -0.05) is 26.3 Å². The number of ether oxygens (including phenoxy) is 2. The van der Waals surface area contributed by atoms with E-state index in [1.807, 2.05) is 45.9 Å². The maximum Gasteiger partial charge on any atom is 0.237 e. The molecule has 138 valence electrons. The van der Waals surface area contributed by atoms with Gasteiger partial charge in [0.2, 0.25) is 5.91 Å². The molecule has 0 aliphatic carbocycles. The molecule has 0 bridgehead atoms. The molecule has 0 aromatic heterocycles. The van der Waals surface area contributed by atoms with E-state index in [-0.39, 0.29) is 24.2 Å². The molecule has 0 radical (unpaired) electrons. The van der Waals surface area contributed by atoms with Crippen LogP contribution >= 0.6 is 12.4 Å². The van der Waals surface area contributed by atoms with Crippen LogP contribution in [0.2, 0.25) is 0 Å².